The molecular weight excluding hydrogens is 314 g/mol. The number of aromatic carboxylic acids is 1. The lowest BCUT2D eigenvalue weighted by Crippen LogP contribution is -2.36. The largest absolute Gasteiger partial charge is 0.478 e. The number of hydrogen-bond acceptors (Lipinski definition) is 5. The average Bonchev–Trinajstić information content (AvgIpc) is 2.75. The number of carboxylic acid groups (broad SMARTS) is 1. The first-order valence-electron chi connectivity index (χ1n) is 6.32. The van der Waals surface area contributed by atoms with Gasteiger partial charge < -0.3 is 10.4 Å². The predicted octanol–water partition coefficient (Wildman–Crippen LogP) is 0.780. The zero-order valence-electron chi connectivity index (χ0n) is 11.1. The molecule has 2 rings (SSSR count). The van der Waals surface area contributed by atoms with E-state index in [0.29, 0.717) is 11.3 Å². The van der Waals surface area contributed by atoms with Gasteiger partial charge in [0.2, 0.25) is 5.91 Å². The predicted molar refractivity (Wildman–Crippen MR) is 79.3 cm³/mol. The molecule has 0 bridgehead atoms. The monoisotopic (exact) mass is 329 g/mol. The molecule has 0 spiro atoms. The van der Waals surface area contributed by atoms with E-state index in [4.69, 9.17) is 5.11 Å². The molecular formula is C13H15NO5S2. The summed E-state index contributed by atoms with van der Waals surface area (Å²) >= 11 is 1.12. The summed E-state index contributed by atoms with van der Waals surface area (Å²) in [5.41, 5.74) is 0.152. The van der Waals surface area contributed by atoms with Crippen LogP contribution in [-0.2, 0) is 14.6 Å². The quantitative estimate of drug-likeness (QED) is 0.774. The summed E-state index contributed by atoms with van der Waals surface area (Å²) in [6.45, 7) is 0. The van der Waals surface area contributed by atoms with Crippen LogP contribution in [0.15, 0.2) is 29.2 Å². The Morgan fingerprint density at radius 2 is 2.05 bits per heavy atom. The maximum absolute atomic E-state index is 11.8. The Morgan fingerprint density at radius 3 is 2.67 bits per heavy atom. The molecule has 0 aliphatic carbocycles. The van der Waals surface area contributed by atoms with Gasteiger partial charge in [-0.1, -0.05) is 12.1 Å². The van der Waals surface area contributed by atoms with Gasteiger partial charge in [0.15, 0.2) is 9.84 Å². The smallest absolute Gasteiger partial charge is 0.336 e. The molecule has 0 aromatic heterocycles. The Balaban J connectivity index is 1.89. The van der Waals surface area contributed by atoms with Crippen LogP contribution in [0.1, 0.15) is 16.8 Å². The van der Waals surface area contributed by atoms with Crippen LogP contribution in [0.25, 0.3) is 0 Å². The SMILES string of the molecule is O=C(CSc1ccccc1C(=O)O)N[C@H]1CCS(=O)(=O)C1. The minimum atomic E-state index is -3.03. The van der Waals surface area contributed by atoms with Crippen LogP contribution in [0, 0.1) is 0 Å². The highest BCUT2D eigenvalue weighted by Crippen LogP contribution is 2.22. The van der Waals surface area contributed by atoms with Gasteiger partial charge in [0.25, 0.3) is 0 Å². The first-order chi connectivity index (χ1) is 9.87. The van der Waals surface area contributed by atoms with Crippen molar-refractivity contribution in [3.8, 4) is 0 Å². The first kappa shape index (κ1) is 15.8. The molecule has 1 saturated heterocycles. The molecule has 1 atom stereocenters. The van der Waals surface area contributed by atoms with Gasteiger partial charge in [0.1, 0.15) is 0 Å². The number of rotatable bonds is 5. The number of nitrogens with one attached hydrogen (secondary N) is 1. The second-order valence-electron chi connectivity index (χ2n) is 4.76. The second kappa shape index (κ2) is 6.48. The maximum Gasteiger partial charge on any atom is 0.336 e. The molecule has 6 nitrogen and oxygen atoms in total. The zero-order valence-corrected chi connectivity index (χ0v) is 12.7. The lowest BCUT2D eigenvalue weighted by atomic mass is 10.2. The fourth-order valence-corrected chi connectivity index (χ4v) is 4.62. The summed E-state index contributed by atoms with van der Waals surface area (Å²) in [5, 5.41) is 11.7. The van der Waals surface area contributed by atoms with Crippen molar-refractivity contribution in [2.75, 3.05) is 17.3 Å². The van der Waals surface area contributed by atoms with Gasteiger partial charge in [-0.25, -0.2) is 13.2 Å². The molecule has 0 radical (unpaired) electrons. The number of carbonyl (C=O) groups is 2. The normalized spacial score (nSPS) is 20.1. The van der Waals surface area contributed by atoms with E-state index in [9.17, 15) is 18.0 Å². The number of benzene rings is 1. The van der Waals surface area contributed by atoms with Crippen molar-refractivity contribution in [1.82, 2.24) is 5.32 Å². The highest BCUT2D eigenvalue weighted by atomic mass is 32.2. The minimum absolute atomic E-state index is 0.0187. The third kappa shape index (κ3) is 4.47. The van der Waals surface area contributed by atoms with Crippen molar-refractivity contribution in [2.24, 2.45) is 0 Å². The van der Waals surface area contributed by atoms with E-state index in [2.05, 4.69) is 5.32 Å². The topological polar surface area (TPSA) is 101 Å². The van der Waals surface area contributed by atoms with Crippen LogP contribution in [0.5, 0.6) is 0 Å². The van der Waals surface area contributed by atoms with Crippen LogP contribution >= 0.6 is 11.8 Å². The van der Waals surface area contributed by atoms with Crippen molar-refractivity contribution in [2.45, 2.75) is 17.4 Å². The molecule has 8 heteroatoms. The number of carboxylic acids is 1. The molecule has 1 heterocycles. The molecule has 1 aliphatic rings. The van der Waals surface area contributed by atoms with E-state index in [0.717, 1.165) is 11.8 Å². The fourth-order valence-electron chi connectivity index (χ4n) is 2.09. The maximum atomic E-state index is 11.8. The van der Waals surface area contributed by atoms with Gasteiger partial charge in [-0.2, -0.15) is 0 Å². The van der Waals surface area contributed by atoms with Gasteiger partial charge in [-0.3, -0.25) is 4.79 Å². The van der Waals surface area contributed by atoms with Crippen LogP contribution in [0.2, 0.25) is 0 Å². The van der Waals surface area contributed by atoms with Crippen LogP contribution < -0.4 is 5.32 Å². The first-order valence-corrected chi connectivity index (χ1v) is 9.13. The fraction of sp³-hybridized carbons (Fsp3) is 0.385. The Bertz CT molecular complexity index is 656. The molecule has 114 valence electrons. The number of sulfone groups is 1. The van der Waals surface area contributed by atoms with E-state index in [1.165, 1.54) is 6.07 Å². The number of amides is 1. The van der Waals surface area contributed by atoms with E-state index < -0.39 is 15.8 Å². The van der Waals surface area contributed by atoms with Gasteiger partial charge in [-0.05, 0) is 18.6 Å². The molecule has 1 aromatic carbocycles. The molecule has 1 fully saturated rings. The minimum Gasteiger partial charge on any atom is -0.478 e. The summed E-state index contributed by atoms with van der Waals surface area (Å²) in [5.74, 6) is -1.19. The standard InChI is InChI=1S/C13H15NO5S2/c15-12(14-9-5-6-21(18,19)8-9)7-20-11-4-2-1-3-10(11)13(16)17/h1-4,9H,5-8H2,(H,14,15)(H,16,17)/t9-/m0/s1. The molecule has 1 aliphatic heterocycles. The van der Waals surface area contributed by atoms with E-state index in [1.807, 2.05) is 0 Å². The summed E-state index contributed by atoms with van der Waals surface area (Å²) in [6.07, 6.45) is 0.435. The Kier molecular flexibility index (Phi) is 4.89. The van der Waals surface area contributed by atoms with Gasteiger partial charge >= 0.3 is 5.97 Å². The summed E-state index contributed by atoms with van der Waals surface area (Å²) in [4.78, 5) is 23.3. The van der Waals surface area contributed by atoms with E-state index in [1.54, 1.807) is 18.2 Å². The highest BCUT2D eigenvalue weighted by molar-refractivity contribution is 8.00. The van der Waals surface area contributed by atoms with Gasteiger partial charge in [0, 0.05) is 10.9 Å². The molecule has 0 unspecified atom stereocenters. The average molecular weight is 329 g/mol. The van der Waals surface area contributed by atoms with Crippen molar-refractivity contribution in [1.29, 1.82) is 0 Å². The third-order valence-electron chi connectivity index (χ3n) is 3.07. The van der Waals surface area contributed by atoms with Crippen LogP contribution in [0.4, 0.5) is 0 Å². The van der Waals surface area contributed by atoms with Crippen LogP contribution in [-0.4, -0.2) is 48.7 Å². The molecule has 21 heavy (non-hydrogen) atoms. The Labute approximate surface area is 126 Å². The number of thioether (sulfide) groups is 1. The molecule has 0 saturated carbocycles. The highest BCUT2D eigenvalue weighted by Gasteiger charge is 2.28. The zero-order chi connectivity index (χ0) is 15.5. The number of hydrogen-bond donors (Lipinski definition) is 2. The lowest BCUT2D eigenvalue weighted by Gasteiger charge is -2.11. The van der Waals surface area contributed by atoms with Crippen LogP contribution in [0.3, 0.4) is 0 Å². The molecule has 2 N–H and O–H groups in total. The molecule has 1 aromatic rings. The van der Waals surface area contributed by atoms with E-state index in [-0.39, 0.29) is 34.8 Å². The van der Waals surface area contributed by atoms with Gasteiger partial charge in [-0.15, -0.1) is 11.8 Å². The third-order valence-corrected chi connectivity index (χ3v) is 5.92. The Morgan fingerprint density at radius 1 is 1.33 bits per heavy atom. The summed E-state index contributed by atoms with van der Waals surface area (Å²) < 4.78 is 22.6. The van der Waals surface area contributed by atoms with Crippen molar-refractivity contribution in [3.05, 3.63) is 29.8 Å². The van der Waals surface area contributed by atoms with Crippen molar-refractivity contribution >= 4 is 33.5 Å². The molecule has 1 amide bonds. The summed E-state index contributed by atoms with van der Waals surface area (Å²) in [6, 6.07) is 6.11. The van der Waals surface area contributed by atoms with Gasteiger partial charge in [0.05, 0.1) is 22.8 Å². The summed E-state index contributed by atoms with van der Waals surface area (Å²) in [7, 11) is -3.03. The van der Waals surface area contributed by atoms with E-state index >= 15 is 0 Å². The second-order valence-corrected chi connectivity index (χ2v) is 8.00. The number of carbonyl (C=O) groups excluding carboxylic acids is 1. The van der Waals surface area contributed by atoms with Crippen molar-refractivity contribution < 1.29 is 23.1 Å². The van der Waals surface area contributed by atoms with Crippen molar-refractivity contribution in [3.63, 3.8) is 0 Å². The lowest BCUT2D eigenvalue weighted by molar-refractivity contribution is -0.119. The Hall–Kier alpha value is -1.54.